The Bertz CT molecular complexity index is 353. The van der Waals surface area contributed by atoms with Gasteiger partial charge in [0.25, 0.3) is 0 Å². The molecule has 96 valence electrons. The van der Waals surface area contributed by atoms with E-state index in [4.69, 9.17) is 10.5 Å². The Labute approximate surface area is 103 Å². The minimum Gasteiger partial charge on any atom is -0.377 e. The molecule has 1 amide bonds. The van der Waals surface area contributed by atoms with Crippen molar-refractivity contribution in [2.24, 2.45) is 17.1 Å². The SMILES string of the molecule is C=CCN(C)C(=O)C1(N)C2CCOC2C1(C)C. The third-order valence-corrected chi connectivity index (χ3v) is 4.56. The van der Waals surface area contributed by atoms with E-state index in [0.717, 1.165) is 13.0 Å². The summed E-state index contributed by atoms with van der Waals surface area (Å²) in [7, 11) is 1.78. The van der Waals surface area contributed by atoms with Gasteiger partial charge in [0.1, 0.15) is 5.54 Å². The molecule has 0 aromatic rings. The zero-order chi connectivity index (χ0) is 12.8. The summed E-state index contributed by atoms with van der Waals surface area (Å²) in [4.78, 5) is 14.1. The summed E-state index contributed by atoms with van der Waals surface area (Å²) in [6, 6.07) is 0. The Balaban J connectivity index is 2.23. The predicted molar refractivity (Wildman–Crippen MR) is 66.4 cm³/mol. The van der Waals surface area contributed by atoms with E-state index in [2.05, 4.69) is 6.58 Å². The summed E-state index contributed by atoms with van der Waals surface area (Å²) in [5.74, 6) is 0.173. The maximum Gasteiger partial charge on any atom is 0.243 e. The molecule has 0 bridgehead atoms. The number of likely N-dealkylation sites (N-methyl/N-ethyl adjacent to an activating group) is 1. The van der Waals surface area contributed by atoms with E-state index in [9.17, 15) is 4.79 Å². The lowest BCUT2D eigenvalue weighted by atomic mass is 9.47. The van der Waals surface area contributed by atoms with E-state index in [1.54, 1.807) is 18.0 Å². The third kappa shape index (κ3) is 1.40. The lowest BCUT2D eigenvalue weighted by molar-refractivity contribution is -0.182. The number of amides is 1. The number of rotatable bonds is 3. The number of carbonyl (C=O) groups is 1. The first kappa shape index (κ1) is 12.6. The van der Waals surface area contributed by atoms with Crippen molar-refractivity contribution < 1.29 is 9.53 Å². The topological polar surface area (TPSA) is 55.6 Å². The van der Waals surface area contributed by atoms with Gasteiger partial charge in [0.2, 0.25) is 5.91 Å². The van der Waals surface area contributed by atoms with Crippen LogP contribution in [0.4, 0.5) is 0 Å². The summed E-state index contributed by atoms with van der Waals surface area (Å²) in [6.07, 6.45) is 2.74. The van der Waals surface area contributed by atoms with E-state index >= 15 is 0 Å². The van der Waals surface area contributed by atoms with Crippen molar-refractivity contribution in [1.29, 1.82) is 0 Å². The summed E-state index contributed by atoms with van der Waals surface area (Å²) in [5.41, 5.74) is 5.36. The van der Waals surface area contributed by atoms with Gasteiger partial charge in [-0.2, -0.15) is 0 Å². The molecular weight excluding hydrogens is 216 g/mol. The number of nitrogens with two attached hydrogens (primary N) is 1. The zero-order valence-electron chi connectivity index (χ0n) is 10.9. The van der Waals surface area contributed by atoms with Crippen molar-refractivity contribution in [3.05, 3.63) is 12.7 Å². The van der Waals surface area contributed by atoms with Crippen molar-refractivity contribution in [2.75, 3.05) is 20.2 Å². The maximum atomic E-state index is 12.5. The van der Waals surface area contributed by atoms with Gasteiger partial charge in [-0.25, -0.2) is 0 Å². The van der Waals surface area contributed by atoms with Crippen molar-refractivity contribution >= 4 is 5.91 Å². The van der Waals surface area contributed by atoms with E-state index < -0.39 is 5.54 Å². The molecule has 0 aromatic carbocycles. The standard InChI is InChI=1S/C13H22N2O2/c1-5-7-15(4)11(16)13(14)9-6-8-17-10(9)12(13,2)3/h5,9-10H,1,6-8,14H2,2-4H3. The number of hydrogen-bond donors (Lipinski definition) is 1. The van der Waals surface area contributed by atoms with Crippen molar-refractivity contribution in [1.82, 2.24) is 4.90 Å². The van der Waals surface area contributed by atoms with Crippen LogP contribution in [0.1, 0.15) is 20.3 Å². The van der Waals surface area contributed by atoms with E-state index in [1.807, 2.05) is 13.8 Å². The first-order valence-corrected chi connectivity index (χ1v) is 6.14. The van der Waals surface area contributed by atoms with Crippen LogP contribution >= 0.6 is 0 Å². The van der Waals surface area contributed by atoms with Crippen LogP contribution in [0.15, 0.2) is 12.7 Å². The minimum atomic E-state index is -0.786. The Kier molecular flexibility index (Phi) is 2.83. The lowest BCUT2D eigenvalue weighted by Gasteiger charge is -2.61. The van der Waals surface area contributed by atoms with Crippen LogP contribution < -0.4 is 5.73 Å². The minimum absolute atomic E-state index is 0.00847. The highest BCUT2D eigenvalue weighted by Gasteiger charge is 2.71. The van der Waals surface area contributed by atoms with Gasteiger partial charge in [0, 0.05) is 31.5 Å². The third-order valence-electron chi connectivity index (χ3n) is 4.56. The zero-order valence-corrected chi connectivity index (χ0v) is 10.9. The van der Waals surface area contributed by atoms with Crippen molar-refractivity contribution in [2.45, 2.75) is 31.9 Å². The van der Waals surface area contributed by atoms with Gasteiger partial charge >= 0.3 is 0 Å². The number of ether oxygens (including phenoxy) is 1. The fraction of sp³-hybridized carbons (Fsp3) is 0.769. The monoisotopic (exact) mass is 238 g/mol. The lowest BCUT2D eigenvalue weighted by Crippen LogP contribution is -2.80. The van der Waals surface area contributed by atoms with E-state index in [-0.39, 0.29) is 23.3 Å². The van der Waals surface area contributed by atoms with Crippen LogP contribution in [0.2, 0.25) is 0 Å². The summed E-state index contributed by atoms with van der Waals surface area (Å²) >= 11 is 0. The molecule has 2 N–H and O–H groups in total. The second-order valence-corrected chi connectivity index (χ2v) is 5.75. The number of fused-ring (bicyclic) bond motifs is 1. The average molecular weight is 238 g/mol. The summed E-state index contributed by atoms with van der Waals surface area (Å²) in [6.45, 7) is 8.96. The van der Waals surface area contributed by atoms with Gasteiger partial charge in [0.15, 0.2) is 0 Å². The van der Waals surface area contributed by atoms with E-state index in [0.29, 0.717) is 6.54 Å². The molecule has 3 unspecified atom stereocenters. The van der Waals surface area contributed by atoms with Crippen LogP contribution in [-0.4, -0.2) is 42.6 Å². The highest BCUT2D eigenvalue weighted by molar-refractivity contribution is 5.89. The fourth-order valence-electron chi connectivity index (χ4n) is 3.41. The first-order chi connectivity index (χ1) is 7.87. The molecule has 1 heterocycles. The van der Waals surface area contributed by atoms with Gasteiger partial charge in [0.05, 0.1) is 6.10 Å². The first-order valence-electron chi connectivity index (χ1n) is 6.14. The second kappa shape index (κ2) is 3.82. The Morgan fingerprint density at radius 2 is 2.29 bits per heavy atom. The van der Waals surface area contributed by atoms with Gasteiger partial charge in [-0.1, -0.05) is 19.9 Å². The maximum absolute atomic E-state index is 12.5. The predicted octanol–water partition coefficient (Wildman–Crippen LogP) is 0.773. The Morgan fingerprint density at radius 3 is 2.88 bits per heavy atom. The molecule has 2 rings (SSSR count). The number of carbonyl (C=O) groups excluding carboxylic acids is 1. The number of hydrogen-bond acceptors (Lipinski definition) is 3. The molecule has 2 aliphatic rings. The van der Waals surface area contributed by atoms with Crippen LogP contribution in [0, 0.1) is 11.3 Å². The highest BCUT2D eigenvalue weighted by Crippen LogP contribution is 2.58. The molecule has 1 saturated carbocycles. The Hall–Kier alpha value is -0.870. The highest BCUT2D eigenvalue weighted by atomic mass is 16.5. The normalized spacial score (nSPS) is 38.1. The second-order valence-electron chi connectivity index (χ2n) is 5.75. The van der Waals surface area contributed by atoms with Crippen molar-refractivity contribution in [3.8, 4) is 0 Å². The van der Waals surface area contributed by atoms with Gasteiger partial charge in [-0.15, -0.1) is 6.58 Å². The van der Waals surface area contributed by atoms with Crippen LogP contribution in [0.25, 0.3) is 0 Å². The quantitative estimate of drug-likeness (QED) is 0.739. The molecule has 1 aliphatic carbocycles. The van der Waals surface area contributed by atoms with Gasteiger partial charge in [-0.05, 0) is 6.42 Å². The molecular formula is C13H22N2O2. The largest absolute Gasteiger partial charge is 0.377 e. The molecule has 1 saturated heterocycles. The van der Waals surface area contributed by atoms with Crippen LogP contribution in [0.3, 0.4) is 0 Å². The van der Waals surface area contributed by atoms with Crippen LogP contribution in [0.5, 0.6) is 0 Å². The molecule has 4 heteroatoms. The van der Waals surface area contributed by atoms with Gasteiger partial charge in [-0.3, -0.25) is 4.79 Å². The average Bonchev–Trinajstić information content (AvgIpc) is 2.75. The molecule has 4 nitrogen and oxygen atoms in total. The van der Waals surface area contributed by atoms with Crippen molar-refractivity contribution in [3.63, 3.8) is 0 Å². The molecule has 0 spiro atoms. The summed E-state index contributed by atoms with van der Waals surface area (Å²) < 4.78 is 5.68. The Morgan fingerprint density at radius 1 is 1.65 bits per heavy atom. The van der Waals surface area contributed by atoms with E-state index in [1.165, 1.54) is 0 Å². The van der Waals surface area contributed by atoms with Crippen LogP contribution in [-0.2, 0) is 9.53 Å². The molecule has 1 aliphatic heterocycles. The molecule has 3 atom stereocenters. The fourth-order valence-corrected chi connectivity index (χ4v) is 3.41. The molecule has 17 heavy (non-hydrogen) atoms. The smallest absolute Gasteiger partial charge is 0.243 e. The number of nitrogens with zero attached hydrogens (tertiary/aromatic N) is 1. The molecule has 2 fully saturated rings. The van der Waals surface area contributed by atoms with Gasteiger partial charge < -0.3 is 15.4 Å². The molecule has 0 aromatic heterocycles. The summed E-state index contributed by atoms with van der Waals surface area (Å²) in [5, 5.41) is 0. The molecule has 0 radical (unpaired) electrons.